The van der Waals surface area contributed by atoms with Crippen molar-refractivity contribution >= 4 is 11.8 Å². The maximum Gasteiger partial charge on any atom is 0.261 e. The fraction of sp³-hybridized carbons (Fsp3) is 0.417. The van der Waals surface area contributed by atoms with Gasteiger partial charge in [-0.15, -0.1) is 0 Å². The van der Waals surface area contributed by atoms with Crippen LogP contribution in [-0.4, -0.2) is 41.9 Å². The van der Waals surface area contributed by atoms with E-state index in [4.69, 9.17) is 4.74 Å². The Bertz CT molecular complexity index is 818. The minimum Gasteiger partial charge on any atom is -0.483 e. The van der Waals surface area contributed by atoms with Crippen LogP contribution in [0.1, 0.15) is 37.5 Å². The second kappa shape index (κ2) is 10.6. The summed E-state index contributed by atoms with van der Waals surface area (Å²) in [5.74, 6) is 0.325. The molecule has 2 amide bonds. The third-order valence-electron chi connectivity index (χ3n) is 4.76. The molecule has 0 unspecified atom stereocenters. The molecule has 5 nitrogen and oxygen atoms in total. The van der Waals surface area contributed by atoms with Gasteiger partial charge in [0.15, 0.2) is 6.61 Å². The first-order chi connectivity index (χ1) is 13.8. The lowest BCUT2D eigenvalue weighted by Gasteiger charge is -2.29. The van der Waals surface area contributed by atoms with E-state index in [9.17, 15) is 9.59 Å². The second-order valence-corrected chi connectivity index (χ2v) is 7.72. The van der Waals surface area contributed by atoms with E-state index < -0.39 is 6.04 Å². The molecule has 1 atom stereocenters. The summed E-state index contributed by atoms with van der Waals surface area (Å²) in [5, 5.41) is 2.89. The number of aryl methyl sites for hydroxylation is 2. The van der Waals surface area contributed by atoms with E-state index in [1.807, 2.05) is 76.2 Å². The number of carbonyl (C=O) groups excluding carboxylic acids is 2. The average Bonchev–Trinajstić information content (AvgIpc) is 2.67. The second-order valence-electron chi connectivity index (χ2n) is 7.72. The molecular weight excluding hydrogens is 364 g/mol. The quantitative estimate of drug-likeness (QED) is 0.704. The smallest absolute Gasteiger partial charge is 0.261 e. The first-order valence-corrected chi connectivity index (χ1v) is 10.1. The molecule has 2 rings (SSSR count). The Morgan fingerprint density at radius 2 is 1.72 bits per heavy atom. The molecule has 0 bridgehead atoms. The summed E-state index contributed by atoms with van der Waals surface area (Å²) in [7, 11) is 0. The number of benzene rings is 2. The molecule has 0 saturated carbocycles. The van der Waals surface area contributed by atoms with Gasteiger partial charge < -0.3 is 15.0 Å². The van der Waals surface area contributed by atoms with Crippen LogP contribution in [0.4, 0.5) is 0 Å². The summed E-state index contributed by atoms with van der Waals surface area (Å²) in [6.45, 7) is 9.90. The highest BCUT2D eigenvalue weighted by Crippen LogP contribution is 2.19. The molecular formula is C24H32N2O3. The van der Waals surface area contributed by atoms with Crippen LogP contribution in [0.25, 0.3) is 0 Å². The van der Waals surface area contributed by atoms with Crippen molar-refractivity contribution in [2.75, 3.05) is 13.2 Å². The molecule has 0 spiro atoms. The van der Waals surface area contributed by atoms with Crippen molar-refractivity contribution in [2.24, 2.45) is 0 Å². The van der Waals surface area contributed by atoms with Gasteiger partial charge in [-0.2, -0.15) is 0 Å². The highest BCUT2D eigenvalue weighted by Gasteiger charge is 2.26. The number of ether oxygens (including phenoxy) is 1. The van der Waals surface area contributed by atoms with Crippen molar-refractivity contribution in [3.8, 4) is 5.75 Å². The van der Waals surface area contributed by atoms with E-state index in [-0.39, 0.29) is 24.5 Å². The Morgan fingerprint density at radius 3 is 2.34 bits per heavy atom. The predicted molar refractivity (Wildman–Crippen MR) is 116 cm³/mol. The van der Waals surface area contributed by atoms with Crippen LogP contribution in [0.5, 0.6) is 5.75 Å². The van der Waals surface area contributed by atoms with E-state index in [2.05, 4.69) is 5.32 Å². The minimum atomic E-state index is -0.573. The molecule has 5 heteroatoms. The first-order valence-electron chi connectivity index (χ1n) is 10.1. The Kier molecular flexibility index (Phi) is 8.25. The van der Waals surface area contributed by atoms with Crippen molar-refractivity contribution < 1.29 is 14.3 Å². The van der Waals surface area contributed by atoms with E-state index >= 15 is 0 Å². The molecule has 0 heterocycles. The van der Waals surface area contributed by atoms with E-state index in [0.29, 0.717) is 18.7 Å². The van der Waals surface area contributed by atoms with E-state index in [1.54, 1.807) is 11.8 Å². The number of hydrogen-bond acceptors (Lipinski definition) is 3. The molecule has 1 N–H and O–H groups in total. The van der Waals surface area contributed by atoms with Crippen molar-refractivity contribution in [2.45, 2.75) is 53.1 Å². The highest BCUT2D eigenvalue weighted by atomic mass is 16.5. The molecule has 2 aromatic carbocycles. The number of nitrogens with zero attached hydrogens (tertiary/aromatic N) is 1. The van der Waals surface area contributed by atoms with Gasteiger partial charge in [-0.25, -0.2) is 0 Å². The van der Waals surface area contributed by atoms with Crippen LogP contribution in [0, 0.1) is 13.8 Å². The zero-order valence-corrected chi connectivity index (χ0v) is 18.1. The first kappa shape index (κ1) is 22.5. The topological polar surface area (TPSA) is 58.6 Å². The molecule has 0 fully saturated rings. The summed E-state index contributed by atoms with van der Waals surface area (Å²) in [6.07, 6.45) is 0.676. The maximum atomic E-state index is 13.0. The lowest BCUT2D eigenvalue weighted by molar-refractivity contribution is -0.141. The van der Waals surface area contributed by atoms with Crippen LogP contribution >= 0.6 is 0 Å². The molecule has 29 heavy (non-hydrogen) atoms. The number of nitrogens with one attached hydrogen (secondary N) is 1. The van der Waals surface area contributed by atoms with Crippen LogP contribution < -0.4 is 10.1 Å². The molecule has 0 aliphatic rings. The van der Waals surface area contributed by atoms with Gasteiger partial charge in [0.1, 0.15) is 11.8 Å². The number of rotatable bonds is 9. The molecule has 0 radical (unpaired) electrons. The molecule has 0 aliphatic carbocycles. The van der Waals surface area contributed by atoms with Crippen LogP contribution in [0.15, 0.2) is 48.5 Å². The van der Waals surface area contributed by atoms with Gasteiger partial charge >= 0.3 is 0 Å². The fourth-order valence-electron chi connectivity index (χ4n) is 3.16. The third kappa shape index (κ3) is 6.93. The molecule has 0 aliphatic heterocycles. The third-order valence-corrected chi connectivity index (χ3v) is 4.76. The average molecular weight is 397 g/mol. The summed E-state index contributed by atoms with van der Waals surface area (Å²) in [5.41, 5.74) is 3.25. The standard InChI is InChI=1S/C24H32N2O3/c1-17(2)25-24(28)20(5)26(14-13-21-9-7-6-8-10-21)23(27)16-29-22-12-11-18(3)15-19(22)4/h6-12,15,17,20H,13-14,16H2,1-5H3,(H,25,28)/t20-/m0/s1. The maximum absolute atomic E-state index is 13.0. The zero-order valence-electron chi connectivity index (χ0n) is 18.1. The molecule has 0 aromatic heterocycles. The van der Waals surface area contributed by atoms with Crippen molar-refractivity contribution in [3.63, 3.8) is 0 Å². The normalized spacial score (nSPS) is 11.8. The molecule has 2 aromatic rings. The number of amides is 2. The number of carbonyl (C=O) groups is 2. The van der Waals surface area contributed by atoms with E-state index in [1.165, 1.54) is 0 Å². The van der Waals surface area contributed by atoms with Gasteiger partial charge in [-0.3, -0.25) is 9.59 Å². The summed E-state index contributed by atoms with van der Waals surface area (Å²) in [4.78, 5) is 27.1. The highest BCUT2D eigenvalue weighted by molar-refractivity contribution is 5.88. The Balaban J connectivity index is 2.09. The van der Waals surface area contributed by atoms with Crippen molar-refractivity contribution in [3.05, 3.63) is 65.2 Å². The molecule has 156 valence electrons. The fourth-order valence-corrected chi connectivity index (χ4v) is 3.16. The van der Waals surface area contributed by atoms with Crippen molar-refractivity contribution in [1.29, 1.82) is 0 Å². The van der Waals surface area contributed by atoms with Crippen LogP contribution in [0.3, 0.4) is 0 Å². The Labute approximate surface area is 174 Å². The Morgan fingerprint density at radius 1 is 1.03 bits per heavy atom. The van der Waals surface area contributed by atoms with Gasteiger partial charge in [0.25, 0.3) is 5.91 Å². The predicted octanol–water partition coefficient (Wildman–Crippen LogP) is 3.67. The van der Waals surface area contributed by atoms with Gasteiger partial charge in [0.2, 0.25) is 5.91 Å². The van der Waals surface area contributed by atoms with Crippen molar-refractivity contribution in [1.82, 2.24) is 10.2 Å². The Hall–Kier alpha value is -2.82. The largest absolute Gasteiger partial charge is 0.483 e. The van der Waals surface area contributed by atoms with Gasteiger partial charge in [0.05, 0.1) is 0 Å². The lowest BCUT2D eigenvalue weighted by atomic mass is 10.1. The zero-order chi connectivity index (χ0) is 21.4. The van der Waals surface area contributed by atoms with Gasteiger partial charge in [-0.1, -0.05) is 48.0 Å². The minimum absolute atomic E-state index is 0.0162. The van der Waals surface area contributed by atoms with E-state index in [0.717, 1.165) is 16.7 Å². The van der Waals surface area contributed by atoms with Gasteiger partial charge in [-0.05, 0) is 58.2 Å². The summed E-state index contributed by atoms with van der Waals surface area (Å²) in [6, 6.07) is 15.2. The summed E-state index contributed by atoms with van der Waals surface area (Å²) < 4.78 is 5.77. The SMILES string of the molecule is Cc1ccc(OCC(=O)N(CCc2ccccc2)[C@@H](C)C(=O)NC(C)C)c(C)c1. The van der Waals surface area contributed by atoms with Crippen LogP contribution in [0.2, 0.25) is 0 Å². The number of hydrogen-bond donors (Lipinski definition) is 1. The van der Waals surface area contributed by atoms with Crippen LogP contribution in [-0.2, 0) is 16.0 Å². The lowest BCUT2D eigenvalue weighted by Crippen LogP contribution is -2.51. The summed E-state index contributed by atoms with van der Waals surface area (Å²) >= 11 is 0. The monoisotopic (exact) mass is 396 g/mol. The molecule has 0 saturated heterocycles. The van der Waals surface area contributed by atoms with Gasteiger partial charge in [0, 0.05) is 12.6 Å².